The van der Waals surface area contributed by atoms with Gasteiger partial charge >= 0.3 is 5.97 Å². The average Bonchev–Trinajstić information content (AvgIpc) is 3.38. The van der Waals surface area contributed by atoms with E-state index < -0.39 is 16.0 Å². The molecule has 5 aromatic carbocycles. The van der Waals surface area contributed by atoms with Gasteiger partial charge in [-0.25, -0.2) is 17.9 Å². The lowest BCUT2D eigenvalue weighted by Gasteiger charge is -2.25. The molecule has 2 N–H and O–H groups in total. The zero-order chi connectivity index (χ0) is 34.4. The van der Waals surface area contributed by atoms with Crippen LogP contribution in [-0.4, -0.2) is 30.6 Å². The number of carboxylic acids is 1. The number of hydrogen-bond donors (Lipinski definition) is 2. The maximum atomic E-state index is 13.3. The van der Waals surface area contributed by atoms with Crippen LogP contribution in [0.15, 0.2) is 127 Å². The van der Waals surface area contributed by atoms with Gasteiger partial charge in [0.15, 0.2) is 0 Å². The second kappa shape index (κ2) is 15.4. The molecule has 0 aliphatic carbocycles. The van der Waals surface area contributed by atoms with Crippen molar-refractivity contribution in [3.8, 4) is 0 Å². The fourth-order valence-corrected chi connectivity index (χ4v) is 8.12. The summed E-state index contributed by atoms with van der Waals surface area (Å²) in [5, 5.41) is 11.4. The topological polar surface area (TPSA) is 88.4 Å². The summed E-state index contributed by atoms with van der Waals surface area (Å²) in [6.45, 7) is 0.191. The minimum atomic E-state index is -3.68. The van der Waals surface area contributed by atoms with E-state index in [0.29, 0.717) is 28.5 Å². The molecule has 0 unspecified atom stereocenters. The van der Waals surface area contributed by atoms with Gasteiger partial charge in [0.1, 0.15) is 0 Å². The number of aromatic nitrogens is 1. The highest BCUT2D eigenvalue weighted by atomic mass is 35.5. The molecule has 0 saturated carbocycles. The maximum Gasteiger partial charge on any atom is 0.335 e. The Balaban J connectivity index is 1.40. The lowest BCUT2D eigenvalue weighted by molar-refractivity contribution is 0.0697. The summed E-state index contributed by atoms with van der Waals surface area (Å²) in [5.74, 6) is -1.16. The predicted octanol–water partition coefficient (Wildman–Crippen LogP) is 9.12. The third-order valence-electron chi connectivity index (χ3n) is 8.75. The first-order chi connectivity index (χ1) is 23.7. The summed E-state index contributed by atoms with van der Waals surface area (Å²) < 4.78 is 31.7. The van der Waals surface area contributed by atoms with Crippen molar-refractivity contribution in [3.05, 3.63) is 177 Å². The van der Waals surface area contributed by atoms with Gasteiger partial charge in [-0.2, -0.15) is 0 Å². The van der Waals surface area contributed by atoms with Gasteiger partial charge in [0, 0.05) is 39.6 Å². The van der Waals surface area contributed by atoms with Gasteiger partial charge in [-0.05, 0) is 83.5 Å². The number of benzene rings is 5. The first-order valence-electron chi connectivity index (χ1n) is 16.1. The van der Waals surface area contributed by atoms with Gasteiger partial charge < -0.3 is 9.67 Å². The Hall–Kier alpha value is -4.40. The van der Waals surface area contributed by atoms with E-state index in [-0.39, 0.29) is 23.9 Å². The highest BCUT2D eigenvalue weighted by Crippen LogP contribution is 2.38. The molecule has 1 aromatic heterocycles. The number of sulfonamides is 1. The highest BCUT2D eigenvalue weighted by molar-refractivity contribution is 7.88. The number of nitrogens with one attached hydrogen (secondary N) is 1. The summed E-state index contributed by atoms with van der Waals surface area (Å²) in [4.78, 5) is 11.4. The molecule has 0 atom stereocenters. The molecule has 0 amide bonds. The number of carboxylic acid groups (broad SMARTS) is 1. The van der Waals surface area contributed by atoms with Crippen LogP contribution in [0, 0.1) is 0 Å². The van der Waals surface area contributed by atoms with Crippen LogP contribution in [0.25, 0.3) is 10.9 Å². The van der Waals surface area contributed by atoms with Gasteiger partial charge in [0.25, 0.3) is 0 Å². The van der Waals surface area contributed by atoms with Gasteiger partial charge in [0.05, 0.1) is 17.4 Å². The Morgan fingerprint density at radius 1 is 0.755 bits per heavy atom. The monoisotopic (exact) mass is 710 g/mol. The van der Waals surface area contributed by atoms with E-state index in [1.807, 2.05) is 60.7 Å². The summed E-state index contributed by atoms with van der Waals surface area (Å²) in [6, 6.07) is 40.4. The lowest BCUT2D eigenvalue weighted by atomic mass is 9.97. The SMILES string of the molecule is O=C(O)c1ccc(CCCc2c(CCNS(=O)(=O)Cc3ccccc3Cl)n(C(c3ccccc3)c3ccccc3)c3ccc(Cl)cc23)cc1. The van der Waals surface area contributed by atoms with E-state index in [1.165, 1.54) is 0 Å². The molecule has 9 heteroatoms. The molecule has 0 spiro atoms. The molecule has 0 aliphatic rings. The second-order valence-electron chi connectivity index (χ2n) is 12.0. The Bertz CT molecular complexity index is 2130. The van der Waals surface area contributed by atoms with Crippen molar-refractivity contribution >= 4 is 50.1 Å². The molecular weight excluding hydrogens is 675 g/mol. The van der Waals surface area contributed by atoms with Crippen LogP contribution < -0.4 is 4.72 Å². The Labute approximate surface area is 297 Å². The van der Waals surface area contributed by atoms with Crippen molar-refractivity contribution in [3.63, 3.8) is 0 Å². The lowest BCUT2D eigenvalue weighted by Crippen LogP contribution is -2.28. The van der Waals surface area contributed by atoms with Gasteiger partial charge in [-0.1, -0.05) is 114 Å². The summed E-state index contributed by atoms with van der Waals surface area (Å²) in [7, 11) is -3.68. The second-order valence-corrected chi connectivity index (χ2v) is 14.7. The number of rotatable bonds is 14. The minimum absolute atomic E-state index is 0.182. The summed E-state index contributed by atoms with van der Waals surface area (Å²) in [5.41, 5.74) is 7.21. The van der Waals surface area contributed by atoms with Crippen LogP contribution in [-0.2, 0) is 35.0 Å². The van der Waals surface area contributed by atoms with Crippen molar-refractivity contribution < 1.29 is 18.3 Å². The standard InChI is InChI=1S/C40H36Cl2N2O4S/c41-33-22-23-37-35(26-33)34(16-9-10-28-18-20-31(21-19-28)40(45)46)38(24-25-43-49(47,48)27-32-15-7-8-17-36(32)42)44(37)39(29-11-3-1-4-12-29)30-13-5-2-6-14-30/h1-8,11-15,17-23,26,39,43H,9-10,16,24-25,27H2,(H,45,46). The minimum Gasteiger partial charge on any atom is -0.478 e. The van der Waals surface area contributed by atoms with Crippen LogP contribution in [0.1, 0.15) is 56.3 Å². The van der Waals surface area contributed by atoms with E-state index in [4.69, 9.17) is 23.2 Å². The Morgan fingerprint density at radius 2 is 1.39 bits per heavy atom. The molecule has 0 aliphatic heterocycles. The quantitative estimate of drug-likeness (QED) is 0.118. The van der Waals surface area contributed by atoms with Crippen LogP contribution in [0.5, 0.6) is 0 Å². The zero-order valence-corrected chi connectivity index (χ0v) is 29.1. The largest absolute Gasteiger partial charge is 0.478 e. The van der Waals surface area contributed by atoms with Crippen LogP contribution in [0.4, 0.5) is 0 Å². The first kappa shape index (κ1) is 34.5. The Kier molecular flexibility index (Phi) is 10.9. The fourth-order valence-electron chi connectivity index (χ4n) is 6.49. The number of halogens is 2. The molecule has 6 nitrogen and oxygen atoms in total. The van der Waals surface area contributed by atoms with E-state index in [2.05, 4.69) is 39.6 Å². The summed E-state index contributed by atoms with van der Waals surface area (Å²) in [6.07, 6.45) is 2.69. The first-order valence-corrected chi connectivity index (χ1v) is 18.5. The van der Waals surface area contributed by atoms with E-state index >= 15 is 0 Å². The molecular formula is C40H36Cl2N2O4S. The van der Waals surface area contributed by atoms with Gasteiger partial charge in [-0.3, -0.25) is 0 Å². The van der Waals surface area contributed by atoms with Crippen LogP contribution >= 0.6 is 23.2 Å². The predicted molar refractivity (Wildman–Crippen MR) is 198 cm³/mol. The number of nitrogens with zero attached hydrogens (tertiary/aromatic N) is 1. The third kappa shape index (κ3) is 8.26. The number of aromatic carboxylic acids is 1. The molecule has 49 heavy (non-hydrogen) atoms. The molecule has 0 fully saturated rings. The molecule has 6 rings (SSSR count). The summed E-state index contributed by atoms with van der Waals surface area (Å²) >= 11 is 12.9. The number of fused-ring (bicyclic) bond motifs is 1. The zero-order valence-electron chi connectivity index (χ0n) is 26.7. The maximum absolute atomic E-state index is 13.3. The van der Waals surface area contributed by atoms with Crippen LogP contribution in [0.2, 0.25) is 10.0 Å². The molecule has 0 saturated heterocycles. The van der Waals surface area contributed by atoms with Gasteiger partial charge in [0.2, 0.25) is 10.0 Å². The molecule has 250 valence electrons. The molecule has 6 aromatic rings. The van der Waals surface area contributed by atoms with Crippen molar-refractivity contribution in [2.24, 2.45) is 0 Å². The third-order valence-corrected chi connectivity index (χ3v) is 10.7. The molecule has 0 radical (unpaired) electrons. The Morgan fingerprint density at radius 3 is 2.02 bits per heavy atom. The van der Waals surface area contributed by atoms with E-state index in [1.54, 1.807) is 36.4 Å². The van der Waals surface area contributed by atoms with E-state index in [9.17, 15) is 18.3 Å². The highest BCUT2D eigenvalue weighted by Gasteiger charge is 2.26. The molecule has 0 bridgehead atoms. The molecule has 1 heterocycles. The van der Waals surface area contributed by atoms with Crippen molar-refractivity contribution in [1.29, 1.82) is 0 Å². The fraction of sp³-hybridized carbons (Fsp3) is 0.175. The van der Waals surface area contributed by atoms with Crippen molar-refractivity contribution in [1.82, 2.24) is 9.29 Å². The average molecular weight is 712 g/mol. The van der Waals surface area contributed by atoms with Crippen molar-refractivity contribution in [2.45, 2.75) is 37.5 Å². The normalized spacial score (nSPS) is 11.7. The van der Waals surface area contributed by atoms with Crippen molar-refractivity contribution in [2.75, 3.05) is 6.54 Å². The number of carbonyl (C=O) groups is 1. The van der Waals surface area contributed by atoms with E-state index in [0.717, 1.165) is 51.7 Å². The smallest absolute Gasteiger partial charge is 0.335 e. The number of aryl methyl sites for hydroxylation is 2. The van der Waals surface area contributed by atoms with Crippen LogP contribution in [0.3, 0.4) is 0 Å². The van der Waals surface area contributed by atoms with Gasteiger partial charge in [-0.15, -0.1) is 0 Å². The number of hydrogen-bond acceptors (Lipinski definition) is 3.